The van der Waals surface area contributed by atoms with Crippen LogP contribution in [0.1, 0.15) is 57.6 Å². The monoisotopic (exact) mass is 349 g/mol. The number of urea groups is 1. The van der Waals surface area contributed by atoms with Crippen LogP contribution in [0.3, 0.4) is 0 Å². The van der Waals surface area contributed by atoms with Crippen LogP contribution >= 0.6 is 0 Å². The number of likely N-dealkylation sites (tertiary alicyclic amines) is 1. The molecule has 2 unspecified atom stereocenters. The first-order valence-corrected chi connectivity index (χ1v) is 9.61. The van der Waals surface area contributed by atoms with Crippen molar-refractivity contribution in [2.45, 2.75) is 76.9 Å². The van der Waals surface area contributed by atoms with E-state index in [1.165, 1.54) is 0 Å². The van der Waals surface area contributed by atoms with E-state index in [0.29, 0.717) is 13.2 Å². The van der Waals surface area contributed by atoms with Gasteiger partial charge in [-0.2, -0.15) is 5.10 Å². The summed E-state index contributed by atoms with van der Waals surface area (Å²) in [5.74, 6) is 1.94. The van der Waals surface area contributed by atoms with Crippen molar-refractivity contribution in [3.8, 4) is 0 Å². The molecule has 3 rings (SSSR count). The molecule has 0 aliphatic carbocycles. The summed E-state index contributed by atoms with van der Waals surface area (Å²) < 4.78 is 7.43. The summed E-state index contributed by atoms with van der Waals surface area (Å²) in [6, 6.07) is 0.168. The summed E-state index contributed by atoms with van der Waals surface area (Å²) in [5.41, 5.74) is -0.143. The molecule has 0 saturated carbocycles. The standard InChI is InChI=1S/C18H31N5O2/c1-4-9-18(13-25-3)10-6-11-22(18)17(24)19-14-7-8-16-20-15(5-2)21-23(16)12-14/h14H,4-13H2,1-3H3,(H,19,24). The quantitative estimate of drug-likeness (QED) is 0.854. The second kappa shape index (κ2) is 7.72. The van der Waals surface area contributed by atoms with Crippen molar-refractivity contribution >= 4 is 6.03 Å². The minimum Gasteiger partial charge on any atom is -0.382 e. The van der Waals surface area contributed by atoms with Crippen LogP contribution in [-0.2, 0) is 24.1 Å². The van der Waals surface area contributed by atoms with Crippen LogP contribution in [0.25, 0.3) is 0 Å². The Labute approximate surface area is 150 Å². The zero-order chi connectivity index (χ0) is 17.9. The number of nitrogens with zero attached hydrogens (tertiary/aromatic N) is 4. The predicted octanol–water partition coefficient (Wildman–Crippen LogP) is 2.15. The predicted molar refractivity (Wildman–Crippen MR) is 95.5 cm³/mol. The molecular weight excluding hydrogens is 318 g/mol. The molecule has 2 atom stereocenters. The van der Waals surface area contributed by atoms with Crippen molar-refractivity contribution in [3.05, 3.63) is 11.6 Å². The van der Waals surface area contributed by atoms with Gasteiger partial charge < -0.3 is 15.0 Å². The lowest BCUT2D eigenvalue weighted by atomic mass is 9.91. The lowest BCUT2D eigenvalue weighted by molar-refractivity contribution is 0.0489. The number of hydrogen-bond acceptors (Lipinski definition) is 4. The molecule has 2 aliphatic heterocycles. The van der Waals surface area contributed by atoms with E-state index >= 15 is 0 Å². The highest BCUT2D eigenvalue weighted by atomic mass is 16.5. The van der Waals surface area contributed by atoms with Gasteiger partial charge in [-0.3, -0.25) is 0 Å². The summed E-state index contributed by atoms with van der Waals surface area (Å²) in [6.45, 7) is 6.39. The largest absolute Gasteiger partial charge is 0.382 e. The molecule has 1 aromatic rings. The van der Waals surface area contributed by atoms with Crippen molar-refractivity contribution in [3.63, 3.8) is 0 Å². The van der Waals surface area contributed by atoms with E-state index in [-0.39, 0.29) is 17.6 Å². The number of carbonyl (C=O) groups is 1. The Morgan fingerprint density at radius 1 is 1.44 bits per heavy atom. The maximum atomic E-state index is 13.0. The third-order valence-corrected chi connectivity index (χ3v) is 5.52. The first-order chi connectivity index (χ1) is 12.1. The summed E-state index contributed by atoms with van der Waals surface area (Å²) >= 11 is 0. The second-order valence-electron chi connectivity index (χ2n) is 7.33. The molecule has 140 valence electrons. The zero-order valence-electron chi connectivity index (χ0n) is 15.8. The molecule has 7 nitrogen and oxygen atoms in total. The van der Waals surface area contributed by atoms with Crippen LogP contribution in [0.4, 0.5) is 4.79 Å². The molecule has 0 radical (unpaired) electrons. The molecule has 1 aromatic heterocycles. The van der Waals surface area contributed by atoms with Gasteiger partial charge in [0, 0.05) is 26.5 Å². The van der Waals surface area contributed by atoms with Gasteiger partial charge >= 0.3 is 6.03 Å². The van der Waals surface area contributed by atoms with Crippen LogP contribution in [0.15, 0.2) is 0 Å². The number of rotatable bonds is 6. The van der Waals surface area contributed by atoms with E-state index in [1.807, 2.05) is 9.58 Å². The number of aromatic nitrogens is 3. The van der Waals surface area contributed by atoms with Gasteiger partial charge in [0.2, 0.25) is 0 Å². The first kappa shape index (κ1) is 18.2. The number of ether oxygens (including phenoxy) is 1. The Kier molecular flexibility index (Phi) is 5.61. The van der Waals surface area contributed by atoms with Gasteiger partial charge in [0.05, 0.1) is 24.7 Å². The lowest BCUT2D eigenvalue weighted by Gasteiger charge is -2.39. The van der Waals surface area contributed by atoms with E-state index in [1.54, 1.807) is 7.11 Å². The molecule has 0 aromatic carbocycles. The number of amides is 2. The fraction of sp³-hybridized carbons (Fsp3) is 0.833. The van der Waals surface area contributed by atoms with Gasteiger partial charge in [-0.25, -0.2) is 14.5 Å². The number of carbonyl (C=O) groups excluding carboxylic acids is 1. The van der Waals surface area contributed by atoms with Gasteiger partial charge in [0.1, 0.15) is 5.82 Å². The number of fused-ring (bicyclic) bond motifs is 1. The Morgan fingerprint density at radius 2 is 2.28 bits per heavy atom. The van der Waals surface area contributed by atoms with Crippen LogP contribution < -0.4 is 5.32 Å². The minimum atomic E-state index is -0.143. The highest BCUT2D eigenvalue weighted by Gasteiger charge is 2.43. The van der Waals surface area contributed by atoms with Gasteiger partial charge in [-0.05, 0) is 25.7 Å². The van der Waals surface area contributed by atoms with E-state index in [4.69, 9.17) is 4.74 Å². The van der Waals surface area contributed by atoms with Crippen LogP contribution in [0.5, 0.6) is 0 Å². The third-order valence-electron chi connectivity index (χ3n) is 5.52. The molecule has 25 heavy (non-hydrogen) atoms. The summed E-state index contributed by atoms with van der Waals surface area (Å²) in [5, 5.41) is 7.78. The maximum Gasteiger partial charge on any atom is 0.318 e. The van der Waals surface area contributed by atoms with Gasteiger partial charge in [0.25, 0.3) is 0 Å². The van der Waals surface area contributed by atoms with E-state index in [0.717, 1.165) is 63.1 Å². The first-order valence-electron chi connectivity index (χ1n) is 9.61. The molecule has 0 spiro atoms. The molecule has 1 N–H and O–H groups in total. The highest BCUT2D eigenvalue weighted by Crippen LogP contribution is 2.34. The number of nitrogens with one attached hydrogen (secondary N) is 1. The Morgan fingerprint density at radius 3 is 3.00 bits per heavy atom. The summed E-state index contributed by atoms with van der Waals surface area (Å²) in [7, 11) is 1.73. The van der Waals surface area contributed by atoms with Gasteiger partial charge in [-0.1, -0.05) is 20.3 Å². The van der Waals surface area contributed by atoms with Gasteiger partial charge in [0.15, 0.2) is 5.82 Å². The van der Waals surface area contributed by atoms with Crippen LogP contribution in [0, 0.1) is 0 Å². The fourth-order valence-electron chi connectivity index (χ4n) is 4.35. The summed E-state index contributed by atoms with van der Waals surface area (Å²) in [4.78, 5) is 19.5. The molecule has 1 saturated heterocycles. The van der Waals surface area contributed by atoms with Gasteiger partial charge in [-0.15, -0.1) is 0 Å². The second-order valence-corrected chi connectivity index (χ2v) is 7.33. The molecular formula is C18H31N5O2. The van der Waals surface area contributed by atoms with E-state index < -0.39 is 0 Å². The van der Waals surface area contributed by atoms with Crippen molar-refractivity contribution in [1.29, 1.82) is 0 Å². The number of methoxy groups -OCH3 is 1. The zero-order valence-corrected chi connectivity index (χ0v) is 15.8. The van der Waals surface area contributed by atoms with Crippen molar-refractivity contribution in [1.82, 2.24) is 25.0 Å². The van der Waals surface area contributed by atoms with Crippen molar-refractivity contribution < 1.29 is 9.53 Å². The van der Waals surface area contributed by atoms with E-state index in [2.05, 4.69) is 29.2 Å². The van der Waals surface area contributed by atoms with Crippen LogP contribution in [0.2, 0.25) is 0 Å². The lowest BCUT2D eigenvalue weighted by Crippen LogP contribution is -2.56. The Balaban J connectivity index is 1.65. The fourth-order valence-corrected chi connectivity index (χ4v) is 4.35. The molecule has 2 amide bonds. The minimum absolute atomic E-state index is 0.0484. The molecule has 0 bridgehead atoms. The topological polar surface area (TPSA) is 72.3 Å². The van der Waals surface area contributed by atoms with Crippen molar-refractivity contribution in [2.75, 3.05) is 20.3 Å². The molecule has 1 fully saturated rings. The highest BCUT2D eigenvalue weighted by molar-refractivity contribution is 5.76. The van der Waals surface area contributed by atoms with Crippen LogP contribution in [-0.4, -0.2) is 57.5 Å². The molecule has 2 aliphatic rings. The summed E-state index contributed by atoms with van der Waals surface area (Å²) in [6.07, 6.45) is 6.77. The Bertz CT molecular complexity index is 594. The molecule has 7 heteroatoms. The van der Waals surface area contributed by atoms with E-state index in [9.17, 15) is 4.79 Å². The Hall–Kier alpha value is -1.63. The number of hydrogen-bond donors (Lipinski definition) is 1. The average Bonchev–Trinajstić information content (AvgIpc) is 3.19. The smallest absolute Gasteiger partial charge is 0.318 e. The third kappa shape index (κ3) is 3.66. The average molecular weight is 349 g/mol. The normalized spacial score (nSPS) is 25.9. The number of aryl methyl sites for hydroxylation is 2. The SMILES string of the molecule is CCCC1(COC)CCCN1C(=O)NC1CCc2nc(CC)nn2C1. The maximum absolute atomic E-state index is 13.0. The van der Waals surface area contributed by atoms with Crippen molar-refractivity contribution in [2.24, 2.45) is 0 Å². The molecule has 3 heterocycles.